The number of aromatic nitrogens is 1. The van der Waals surface area contributed by atoms with Gasteiger partial charge < -0.3 is 14.8 Å². The fraction of sp³-hybridized carbons (Fsp3) is 0.565. The van der Waals surface area contributed by atoms with Crippen molar-refractivity contribution in [2.45, 2.75) is 45.8 Å². The van der Waals surface area contributed by atoms with Gasteiger partial charge in [-0.2, -0.15) is 0 Å². The molecule has 1 aliphatic heterocycles. The third-order valence-electron chi connectivity index (χ3n) is 6.18. The van der Waals surface area contributed by atoms with E-state index in [1.54, 1.807) is 0 Å². The first-order valence-electron chi connectivity index (χ1n) is 11.0. The van der Waals surface area contributed by atoms with Crippen LogP contribution in [0.2, 0.25) is 0 Å². The van der Waals surface area contributed by atoms with E-state index in [1.165, 1.54) is 23.8 Å². The van der Waals surface area contributed by atoms with Crippen molar-refractivity contribution in [3.05, 3.63) is 47.2 Å². The van der Waals surface area contributed by atoms with Crippen LogP contribution in [0.15, 0.2) is 28.9 Å². The van der Waals surface area contributed by atoms with Crippen LogP contribution in [-0.2, 0) is 19.4 Å². The van der Waals surface area contributed by atoms with Crippen molar-refractivity contribution in [3.63, 3.8) is 0 Å². The first kappa shape index (κ1) is 21.0. The van der Waals surface area contributed by atoms with Gasteiger partial charge in [-0.25, -0.2) is 4.98 Å². The number of fused-ring (bicyclic) bond motifs is 1. The molecule has 7 nitrogen and oxygen atoms in total. The first-order valence-corrected chi connectivity index (χ1v) is 11.0. The van der Waals surface area contributed by atoms with E-state index < -0.39 is 0 Å². The summed E-state index contributed by atoms with van der Waals surface area (Å²) in [6.07, 6.45) is 4.55. The zero-order chi connectivity index (χ0) is 21.1. The Morgan fingerprint density at radius 1 is 1.17 bits per heavy atom. The number of oxazole rings is 1. The molecule has 2 aliphatic rings. The van der Waals surface area contributed by atoms with Gasteiger partial charge in [0, 0.05) is 38.4 Å². The number of benzene rings is 1. The maximum absolute atomic E-state index is 12.5. The van der Waals surface area contributed by atoms with Crippen LogP contribution >= 0.6 is 0 Å². The van der Waals surface area contributed by atoms with Crippen molar-refractivity contribution in [1.82, 2.24) is 14.8 Å². The Morgan fingerprint density at radius 3 is 2.67 bits per heavy atom. The first-order chi connectivity index (χ1) is 14.5. The number of nitrogens with one attached hydrogen (secondary N) is 1. The average Bonchev–Trinajstić information content (AvgIpc) is 3.38. The molecule has 0 saturated carbocycles. The SMILES string of the molecule is CC(C)[C@H](O)CN1CCN(Cc2nc(C(=O)Nc3ccc4c(c3)CCC4)co2)CC1. The number of aliphatic hydroxyl groups is 1. The number of nitrogens with zero attached hydrogens (tertiary/aromatic N) is 3. The lowest BCUT2D eigenvalue weighted by atomic mass is 10.1. The molecule has 0 radical (unpaired) electrons. The van der Waals surface area contributed by atoms with Crippen LogP contribution in [0.25, 0.3) is 0 Å². The maximum atomic E-state index is 12.5. The van der Waals surface area contributed by atoms with Gasteiger partial charge in [-0.3, -0.25) is 14.6 Å². The number of anilines is 1. The van der Waals surface area contributed by atoms with E-state index in [4.69, 9.17) is 4.42 Å². The smallest absolute Gasteiger partial charge is 0.277 e. The molecule has 1 aromatic carbocycles. The molecule has 4 rings (SSSR count). The molecule has 1 aromatic heterocycles. The monoisotopic (exact) mass is 412 g/mol. The number of hydrogen-bond acceptors (Lipinski definition) is 6. The molecule has 0 spiro atoms. The minimum Gasteiger partial charge on any atom is -0.447 e. The van der Waals surface area contributed by atoms with E-state index in [9.17, 15) is 9.90 Å². The number of rotatable bonds is 7. The van der Waals surface area contributed by atoms with Gasteiger partial charge in [-0.1, -0.05) is 19.9 Å². The Bertz CT molecular complexity index is 871. The normalized spacial score (nSPS) is 18.5. The Balaban J connectivity index is 1.27. The summed E-state index contributed by atoms with van der Waals surface area (Å²) >= 11 is 0. The van der Waals surface area contributed by atoms with Crippen molar-refractivity contribution in [2.24, 2.45) is 5.92 Å². The van der Waals surface area contributed by atoms with E-state index >= 15 is 0 Å². The van der Waals surface area contributed by atoms with Crippen LogP contribution in [0.4, 0.5) is 5.69 Å². The topological polar surface area (TPSA) is 81.8 Å². The van der Waals surface area contributed by atoms with Crippen molar-refractivity contribution in [3.8, 4) is 0 Å². The molecule has 1 atom stereocenters. The molecule has 7 heteroatoms. The number of carbonyl (C=O) groups is 1. The predicted octanol–water partition coefficient (Wildman–Crippen LogP) is 2.55. The summed E-state index contributed by atoms with van der Waals surface area (Å²) in [7, 11) is 0. The van der Waals surface area contributed by atoms with Crippen LogP contribution in [0.5, 0.6) is 0 Å². The highest BCUT2D eigenvalue weighted by molar-refractivity contribution is 6.02. The Hall–Kier alpha value is -2.22. The van der Waals surface area contributed by atoms with Gasteiger partial charge in [0.25, 0.3) is 5.91 Å². The van der Waals surface area contributed by atoms with Crippen LogP contribution in [0.1, 0.15) is 47.8 Å². The van der Waals surface area contributed by atoms with Gasteiger partial charge in [0.2, 0.25) is 5.89 Å². The van der Waals surface area contributed by atoms with E-state index in [0.717, 1.165) is 51.3 Å². The Morgan fingerprint density at radius 2 is 1.90 bits per heavy atom. The summed E-state index contributed by atoms with van der Waals surface area (Å²) in [6, 6.07) is 6.13. The van der Waals surface area contributed by atoms with Crippen LogP contribution in [0, 0.1) is 5.92 Å². The molecule has 2 heterocycles. The van der Waals surface area contributed by atoms with Crippen molar-refractivity contribution >= 4 is 11.6 Å². The number of aryl methyl sites for hydroxylation is 2. The Labute approximate surface area is 178 Å². The molecule has 0 bridgehead atoms. The second kappa shape index (κ2) is 9.29. The average molecular weight is 413 g/mol. The van der Waals surface area contributed by atoms with Crippen LogP contribution < -0.4 is 5.32 Å². The summed E-state index contributed by atoms with van der Waals surface area (Å²) < 4.78 is 5.56. The van der Waals surface area contributed by atoms with Gasteiger partial charge in [0.15, 0.2) is 5.69 Å². The molecule has 30 heavy (non-hydrogen) atoms. The zero-order valence-electron chi connectivity index (χ0n) is 17.9. The quantitative estimate of drug-likeness (QED) is 0.727. The van der Waals surface area contributed by atoms with Gasteiger partial charge in [-0.05, 0) is 48.4 Å². The third-order valence-corrected chi connectivity index (χ3v) is 6.18. The fourth-order valence-electron chi connectivity index (χ4n) is 4.13. The highest BCUT2D eigenvalue weighted by atomic mass is 16.3. The lowest BCUT2D eigenvalue weighted by Crippen LogP contribution is -2.48. The summed E-state index contributed by atoms with van der Waals surface area (Å²) in [5.74, 6) is 0.594. The van der Waals surface area contributed by atoms with E-state index in [-0.39, 0.29) is 17.9 Å². The van der Waals surface area contributed by atoms with E-state index in [1.807, 2.05) is 19.9 Å². The molecule has 162 valence electrons. The number of β-amino-alcohol motifs (C(OH)–C–C–N with tert-alkyl or cyclic N) is 1. The maximum Gasteiger partial charge on any atom is 0.277 e. The number of piperazine rings is 1. The minimum atomic E-state index is -0.282. The molecule has 2 aromatic rings. The van der Waals surface area contributed by atoms with Gasteiger partial charge in [0.05, 0.1) is 12.6 Å². The molecule has 1 aliphatic carbocycles. The summed E-state index contributed by atoms with van der Waals surface area (Å²) in [5.41, 5.74) is 3.83. The summed E-state index contributed by atoms with van der Waals surface area (Å²) in [6.45, 7) is 9.01. The number of carbonyl (C=O) groups excluding carboxylic acids is 1. The molecule has 2 N–H and O–H groups in total. The second-order valence-corrected chi connectivity index (χ2v) is 8.81. The van der Waals surface area contributed by atoms with Crippen molar-refractivity contribution in [2.75, 3.05) is 38.0 Å². The summed E-state index contributed by atoms with van der Waals surface area (Å²) in [4.78, 5) is 21.5. The Kier molecular flexibility index (Phi) is 6.51. The molecule has 1 saturated heterocycles. The molecular weight excluding hydrogens is 380 g/mol. The zero-order valence-corrected chi connectivity index (χ0v) is 17.9. The third kappa shape index (κ3) is 5.09. The van der Waals surface area contributed by atoms with E-state index in [2.05, 4.69) is 32.2 Å². The van der Waals surface area contributed by atoms with E-state index in [0.29, 0.717) is 18.1 Å². The van der Waals surface area contributed by atoms with Crippen LogP contribution in [0.3, 0.4) is 0 Å². The minimum absolute atomic E-state index is 0.240. The van der Waals surface area contributed by atoms with Crippen molar-refractivity contribution < 1.29 is 14.3 Å². The summed E-state index contributed by atoms with van der Waals surface area (Å²) in [5, 5.41) is 13.0. The number of hydrogen-bond donors (Lipinski definition) is 2. The lowest BCUT2D eigenvalue weighted by molar-refractivity contribution is 0.0463. The molecular formula is C23H32N4O3. The van der Waals surface area contributed by atoms with Crippen molar-refractivity contribution in [1.29, 1.82) is 0 Å². The highest BCUT2D eigenvalue weighted by Gasteiger charge is 2.22. The van der Waals surface area contributed by atoms with Gasteiger partial charge in [0.1, 0.15) is 6.26 Å². The standard InChI is InChI=1S/C23H32N4O3/c1-16(2)21(28)13-26-8-10-27(11-9-26)14-22-25-20(15-30-22)23(29)24-19-7-6-17-4-3-5-18(17)12-19/h6-7,12,15-16,21,28H,3-5,8-11,13-14H2,1-2H3,(H,24,29)/t21-/m1/s1. The second-order valence-electron chi connectivity index (χ2n) is 8.81. The van der Waals surface area contributed by atoms with Gasteiger partial charge in [-0.15, -0.1) is 0 Å². The molecule has 0 unspecified atom stereocenters. The largest absolute Gasteiger partial charge is 0.447 e. The predicted molar refractivity (Wildman–Crippen MR) is 115 cm³/mol. The molecule has 1 amide bonds. The fourth-order valence-corrected chi connectivity index (χ4v) is 4.13. The lowest BCUT2D eigenvalue weighted by Gasteiger charge is -2.35. The highest BCUT2D eigenvalue weighted by Crippen LogP contribution is 2.25. The number of amides is 1. The van der Waals surface area contributed by atoms with Gasteiger partial charge >= 0.3 is 0 Å². The van der Waals surface area contributed by atoms with Crippen LogP contribution in [-0.4, -0.2) is 64.6 Å². The molecule has 1 fully saturated rings. The number of aliphatic hydroxyl groups excluding tert-OH is 1.